The third-order valence-electron chi connectivity index (χ3n) is 4.43. The van der Waals surface area contributed by atoms with Crippen LogP contribution in [0, 0.1) is 0 Å². The van der Waals surface area contributed by atoms with Crippen LogP contribution in [0.5, 0.6) is 0 Å². The van der Waals surface area contributed by atoms with E-state index in [2.05, 4.69) is 36.1 Å². The molecule has 7 nitrogen and oxygen atoms in total. The molecule has 130 valence electrons. The van der Waals surface area contributed by atoms with Gasteiger partial charge in [0.25, 0.3) is 5.56 Å². The molecular formula is C16H28N4O3. The van der Waals surface area contributed by atoms with Gasteiger partial charge < -0.3 is 19.2 Å². The number of hydrogen-bond donors (Lipinski definition) is 1. The van der Waals surface area contributed by atoms with E-state index in [-0.39, 0.29) is 11.5 Å². The van der Waals surface area contributed by atoms with Crippen molar-refractivity contribution in [2.45, 2.75) is 31.7 Å². The molecule has 1 aliphatic heterocycles. The monoisotopic (exact) mass is 324 g/mol. The molecule has 0 bridgehead atoms. The fourth-order valence-electron chi connectivity index (χ4n) is 2.91. The van der Waals surface area contributed by atoms with Gasteiger partial charge in [-0.1, -0.05) is 0 Å². The van der Waals surface area contributed by atoms with E-state index in [0.717, 1.165) is 39.0 Å². The zero-order valence-corrected chi connectivity index (χ0v) is 14.4. The van der Waals surface area contributed by atoms with Crippen LogP contribution in [0.4, 0.5) is 0 Å². The van der Waals surface area contributed by atoms with E-state index in [4.69, 9.17) is 4.52 Å². The highest BCUT2D eigenvalue weighted by molar-refractivity contribution is 5.76. The van der Waals surface area contributed by atoms with E-state index < -0.39 is 0 Å². The number of rotatable bonds is 7. The molecule has 1 fully saturated rings. The van der Waals surface area contributed by atoms with Crippen molar-refractivity contribution < 1.29 is 9.32 Å². The molecular weight excluding hydrogens is 296 g/mol. The second kappa shape index (κ2) is 8.31. The van der Waals surface area contributed by atoms with Crippen molar-refractivity contribution in [2.24, 2.45) is 0 Å². The number of amides is 1. The number of H-pyrrole nitrogens is 1. The lowest BCUT2D eigenvalue weighted by Gasteiger charge is -2.38. The molecule has 1 amide bonds. The summed E-state index contributed by atoms with van der Waals surface area (Å²) in [5.74, 6) is 0.680. The summed E-state index contributed by atoms with van der Waals surface area (Å²) < 4.78 is 4.99. The van der Waals surface area contributed by atoms with Crippen LogP contribution < -0.4 is 5.56 Å². The molecule has 1 aliphatic rings. The quantitative estimate of drug-likeness (QED) is 0.785. The Morgan fingerprint density at radius 3 is 2.83 bits per heavy atom. The fourth-order valence-corrected chi connectivity index (χ4v) is 2.91. The summed E-state index contributed by atoms with van der Waals surface area (Å²) in [7, 11) is 6.28. The minimum Gasteiger partial charge on any atom is -0.384 e. The number of aryl methyl sites for hydroxylation is 1. The topological polar surface area (TPSA) is 72.8 Å². The lowest BCUT2D eigenvalue weighted by Crippen LogP contribution is -2.49. The average Bonchev–Trinajstić information content (AvgIpc) is 2.95. The predicted molar refractivity (Wildman–Crippen MR) is 88.4 cm³/mol. The molecule has 1 aromatic rings. The Morgan fingerprint density at radius 1 is 1.39 bits per heavy atom. The van der Waals surface area contributed by atoms with Crippen LogP contribution in [0.1, 0.15) is 25.0 Å². The minimum absolute atomic E-state index is 0.138. The first-order valence-electron chi connectivity index (χ1n) is 8.26. The molecule has 0 saturated carbocycles. The van der Waals surface area contributed by atoms with Gasteiger partial charge in [-0.25, -0.2) is 0 Å². The van der Waals surface area contributed by atoms with Gasteiger partial charge in [0.1, 0.15) is 5.76 Å². The Labute approximate surface area is 137 Å². The molecule has 1 saturated heterocycles. The second-order valence-corrected chi connectivity index (χ2v) is 6.60. The molecule has 0 aliphatic carbocycles. The average molecular weight is 324 g/mol. The molecule has 2 rings (SSSR count). The number of likely N-dealkylation sites (N-methyl/N-ethyl adjacent to an activating group) is 2. The van der Waals surface area contributed by atoms with Gasteiger partial charge in [-0.3, -0.25) is 9.59 Å². The van der Waals surface area contributed by atoms with Crippen molar-refractivity contribution in [3.8, 4) is 0 Å². The first-order chi connectivity index (χ1) is 11.0. The summed E-state index contributed by atoms with van der Waals surface area (Å²) in [6.45, 7) is 3.65. The van der Waals surface area contributed by atoms with Crippen LogP contribution in [0.25, 0.3) is 0 Å². The Hall–Kier alpha value is -1.60. The molecule has 2 heterocycles. The SMILES string of the molecule is CN(C)CCN(C)[C@H]1CCCN(C(=O)CCc2cc(=O)[nH]o2)C1. The number of carbonyl (C=O) groups is 1. The number of nitrogens with zero attached hydrogens (tertiary/aromatic N) is 3. The molecule has 0 radical (unpaired) electrons. The van der Waals surface area contributed by atoms with Gasteiger partial charge in [-0.2, -0.15) is 5.16 Å². The maximum absolute atomic E-state index is 12.4. The standard InChI is InChI=1S/C16H28N4O3/c1-18(2)9-10-19(3)13-5-4-8-20(12-13)16(22)7-6-14-11-15(21)17-23-14/h11,13H,4-10,12H2,1-3H3,(H,17,21)/t13-/m0/s1. The Morgan fingerprint density at radius 2 is 2.17 bits per heavy atom. The van der Waals surface area contributed by atoms with E-state index in [1.165, 1.54) is 6.07 Å². The smallest absolute Gasteiger partial charge is 0.280 e. The van der Waals surface area contributed by atoms with E-state index >= 15 is 0 Å². The van der Waals surface area contributed by atoms with Gasteiger partial charge in [-0.05, 0) is 34.0 Å². The predicted octanol–water partition coefficient (Wildman–Crippen LogP) is 0.385. The van der Waals surface area contributed by atoms with Crippen LogP contribution in [-0.2, 0) is 11.2 Å². The zero-order valence-electron chi connectivity index (χ0n) is 14.4. The number of likely N-dealkylation sites (tertiary alicyclic amines) is 1. The van der Waals surface area contributed by atoms with Gasteiger partial charge in [0.2, 0.25) is 5.91 Å². The van der Waals surface area contributed by atoms with Crippen LogP contribution in [-0.4, -0.2) is 79.1 Å². The molecule has 1 N–H and O–H groups in total. The van der Waals surface area contributed by atoms with E-state index in [1.54, 1.807) is 0 Å². The van der Waals surface area contributed by atoms with Crippen molar-refractivity contribution in [3.63, 3.8) is 0 Å². The number of hydrogen-bond acceptors (Lipinski definition) is 5. The highest BCUT2D eigenvalue weighted by Gasteiger charge is 2.26. The van der Waals surface area contributed by atoms with Gasteiger partial charge in [-0.15, -0.1) is 0 Å². The van der Waals surface area contributed by atoms with Gasteiger partial charge in [0.05, 0.1) is 0 Å². The van der Waals surface area contributed by atoms with Crippen LogP contribution in [0.2, 0.25) is 0 Å². The Kier molecular flexibility index (Phi) is 6.41. The molecule has 0 unspecified atom stereocenters. The Bertz CT molecular complexity index is 552. The maximum Gasteiger partial charge on any atom is 0.280 e. The number of nitrogens with one attached hydrogen (secondary N) is 1. The number of aromatic amines is 1. The van der Waals surface area contributed by atoms with Gasteiger partial charge in [0, 0.05) is 51.1 Å². The molecule has 23 heavy (non-hydrogen) atoms. The molecule has 1 atom stereocenters. The van der Waals surface area contributed by atoms with Crippen molar-refractivity contribution in [2.75, 3.05) is 47.3 Å². The Balaban J connectivity index is 1.80. The van der Waals surface area contributed by atoms with Crippen molar-refractivity contribution in [1.29, 1.82) is 0 Å². The highest BCUT2D eigenvalue weighted by Crippen LogP contribution is 2.16. The first kappa shape index (κ1) is 17.7. The second-order valence-electron chi connectivity index (χ2n) is 6.60. The third-order valence-corrected chi connectivity index (χ3v) is 4.43. The first-order valence-corrected chi connectivity index (χ1v) is 8.26. The summed E-state index contributed by atoms with van der Waals surface area (Å²) in [5.41, 5.74) is -0.256. The van der Waals surface area contributed by atoms with E-state index in [1.807, 2.05) is 4.90 Å². The molecule has 0 spiro atoms. The van der Waals surface area contributed by atoms with Crippen molar-refractivity contribution >= 4 is 5.91 Å². The van der Waals surface area contributed by atoms with Crippen LogP contribution >= 0.6 is 0 Å². The van der Waals surface area contributed by atoms with E-state index in [0.29, 0.717) is 24.6 Å². The van der Waals surface area contributed by atoms with Crippen molar-refractivity contribution in [3.05, 3.63) is 22.2 Å². The zero-order chi connectivity index (χ0) is 16.8. The highest BCUT2D eigenvalue weighted by atomic mass is 16.5. The fraction of sp³-hybridized carbons (Fsp3) is 0.750. The molecule has 1 aromatic heterocycles. The minimum atomic E-state index is -0.256. The number of carbonyl (C=O) groups excluding carboxylic acids is 1. The maximum atomic E-state index is 12.4. The van der Waals surface area contributed by atoms with Crippen LogP contribution in [0.15, 0.2) is 15.4 Å². The summed E-state index contributed by atoms with van der Waals surface area (Å²) in [6.07, 6.45) is 3.03. The summed E-state index contributed by atoms with van der Waals surface area (Å²) in [4.78, 5) is 29.9. The molecule has 0 aromatic carbocycles. The van der Waals surface area contributed by atoms with Crippen LogP contribution in [0.3, 0.4) is 0 Å². The van der Waals surface area contributed by atoms with Gasteiger partial charge >= 0.3 is 0 Å². The normalized spacial score (nSPS) is 18.8. The summed E-state index contributed by atoms with van der Waals surface area (Å²) in [6, 6.07) is 1.83. The lowest BCUT2D eigenvalue weighted by molar-refractivity contribution is -0.133. The summed E-state index contributed by atoms with van der Waals surface area (Å²) >= 11 is 0. The number of piperidine rings is 1. The lowest BCUT2D eigenvalue weighted by atomic mass is 10.0. The third kappa shape index (κ3) is 5.51. The number of aromatic nitrogens is 1. The van der Waals surface area contributed by atoms with Gasteiger partial charge in [0.15, 0.2) is 0 Å². The van der Waals surface area contributed by atoms with E-state index in [9.17, 15) is 9.59 Å². The summed E-state index contributed by atoms with van der Waals surface area (Å²) in [5, 5.41) is 2.25. The largest absolute Gasteiger partial charge is 0.384 e. The molecule has 7 heteroatoms. The van der Waals surface area contributed by atoms with Crippen molar-refractivity contribution in [1.82, 2.24) is 19.9 Å².